The fourth-order valence-electron chi connectivity index (χ4n) is 3.41. The van der Waals surface area contributed by atoms with Gasteiger partial charge in [0.05, 0.1) is 14.2 Å². The molecule has 166 valence electrons. The highest BCUT2D eigenvalue weighted by Gasteiger charge is 2.31. The van der Waals surface area contributed by atoms with Gasteiger partial charge in [0.15, 0.2) is 0 Å². The smallest absolute Gasteiger partial charge is 0.267 e. The van der Waals surface area contributed by atoms with E-state index in [4.69, 9.17) is 14.7 Å². The van der Waals surface area contributed by atoms with Gasteiger partial charge in [-0.1, -0.05) is 18.2 Å². The minimum Gasteiger partial charge on any atom is -0.497 e. The van der Waals surface area contributed by atoms with Crippen LogP contribution in [0.1, 0.15) is 5.56 Å². The van der Waals surface area contributed by atoms with Gasteiger partial charge in [-0.15, -0.1) is 0 Å². The van der Waals surface area contributed by atoms with E-state index >= 15 is 0 Å². The van der Waals surface area contributed by atoms with Gasteiger partial charge in [0.25, 0.3) is 5.91 Å². The van der Waals surface area contributed by atoms with Crippen molar-refractivity contribution in [1.82, 2.24) is 9.79 Å². The average molecular weight is 448 g/mol. The Hall–Kier alpha value is -3.08. The molecule has 0 atom stereocenters. The lowest BCUT2D eigenvalue weighted by molar-refractivity contribution is -0.124. The molecule has 0 spiro atoms. The lowest BCUT2D eigenvalue weighted by Crippen LogP contribution is -2.48. The van der Waals surface area contributed by atoms with E-state index in [1.807, 2.05) is 24.3 Å². The van der Waals surface area contributed by atoms with Crippen molar-refractivity contribution in [3.63, 3.8) is 0 Å². The number of carbonyl (C=O) groups is 1. The molecule has 1 aliphatic heterocycles. The molecule has 0 aromatic heterocycles. The quantitative estimate of drug-likeness (QED) is 0.378. The van der Waals surface area contributed by atoms with Crippen LogP contribution in [0, 0.1) is 0 Å². The summed E-state index contributed by atoms with van der Waals surface area (Å²) in [6.45, 7) is 1.53. The van der Waals surface area contributed by atoms with Crippen LogP contribution in [-0.4, -0.2) is 64.2 Å². The molecule has 1 amide bonds. The number of hydroxylamine groups is 1. The van der Waals surface area contributed by atoms with E-state index in [1.165, 1.54) is 30.7 Å². The number of anilines is 1. The van der Waals surface area contributed by atoms with Gasteiger partial charge in [-0.2, -0.15) is 4.31 Å². The first-order valence-electron chi connectivity index (χ1n) is 9.59. The van der Waals surface area contributed by atoms with Crippen LogP contribution < -0.4 is 19.9 Å². The molecule has 1 aliphatic rings. The summed E-state index contributed by atoms with van der Waals surface area (Å²) in [5.74, 6) is 0.0736. The Labute approximate surface area is 181 Å². The summed E-state index contributed by atoms with van der Waals surface area (Å²) < 4.78 is 38.4. The summed E-state index contributed by atoms with van der Waals surface area (Å²) in [5, 5.41) is 8.66. The molecule has 2 aromatic carbocycles. The molecule has 10 heteroatoms. The SMILES string of the molecule is COc1ccc(OC)c(S(=O)(=O)N2CCN(c3ccccc3C=CC(=O)NO)CC2)c1. The molecule has 0 saturated carbocycles. The average Bonchev–Trinajstić information content (AvgIpc) is 2.82. The van der Waals surface area contributed by atoms with Crippen molar-refractivity contribution in [2.45, 2.75) is 4.90 Å². The van der Waals surface area contributed by atoms with Gasteiger partial charge < -0.3 is 14.4 Å². The predicted molar refractivity (Wildman–Crippen MR) is 116 cm³/mol. The van der Waals surface area contributed by atoms with Gasteiger partial charge in [-0.05, 0) is 29.8 Å². The number of methoxy groups -OCH3 is 2. The number of nitrogens with zero attached hydrogens (tertiary/aromatic N) is 2. The first-order valence-corrected chi connectivity index (χ1v) is 11.0. The molecule has 0 bridgehead atoms. The van der Waals surface area contributed by atoms with E-state index < -0.39 is 15.9 Å². The molecule has 1 fully saturated rings. The van der Waals surface area contributed by atoms with Crippen LogP contribution in [0.5, 0.6) is 11.5 Å². The van der Waals surface area contributed by atoms with Crippen molar-refractivity contribution in [1.29, 1.82) is 0 Å². The predicted octanol–water partition coefficient (Wildman–Crippen LogP) is 1.73. The maximum atomic E-state index is 13.2. The van der Waals surface area contributed by atoms with Crippen molar-refractivity contribution in [3.8, 4) is 11.5 Å². The van der Waals surface area contributed by atoms with Crippen molar-refractivity contribution < 1.29 is 27.9 Å². The van der Waals surface area contributed by atoms with Gasteiger partial charge >= 0.3 is 0 Å². The number of amides is 1. The van der Waals surface area contributed by atoms with Crippen LogP contribution in [-0.2, 0) is 14.8 Å². The number of ether oxygens (including phenoxy) is 2. The molecular weight excluding hydrogens is 422 g/mol. The molecule has 1 heterocycles. The highest BCUT2D eigenvalue weighted by Crippen LogP contribution is 2.32. The van der Waals surface area contributed by atoms with E-state index in [-0.39, 0.29) is 23.7 Å². The second kappa shape index (κ2) is 9.82. The maximum absolute atomic E-state index is 13.2. The lowest BCUT2D eigenvalue weighted by Gasteiger charge is -2.36. The number of nitrogens with one attached hydrogen (secondary N) is 1. The minimum absolute atomic E-state index is 0.0705. The van der Waals surface area contributed by atoms with Gasteiger partial charge in [-0.25, -0.2) is 13.9 Å². The first kappa shape index (κ1) is 22.6. The number of rotatable bonds is 7. The number of carbonyl (C=O) groups excluding carboxylic acids is 1. The van der Waals surface area contributed by atoms with Gasteiger partial charge in [-0.3, -0.25) is 10.0 Å². The number of hydrogen-bond donors (Lipinski definition) is 2. The summed E-state index contributed by atoms with van der Waals surface area (Å²) in [7, 11) is -0.861. The molecule has 31 heavy (non-hydrogen) atoms. The molecule has 3 rings (SSSR count). The largest absolute Gasteiger partial charge is 0.497 e. The number of piperazine rings is 1. The third-order valence-corrected chi connectivity index (χ3v) is 6.95. The number of benzene rings is 2. The third kappa shape index (κ3) is 4.98. The Balaban J connectivity index is 1.79. The Morgan fingerprint density at radius 2 is 1.77 bits per heavy atom. The first-order chi connectivity index (χ1) is 14.9. The normalized spacial score (nSPS) is 15.1. The van der Waals surface area contributed by atoms with Crippen LogP contribution in [0.2, 0.25) is 0 Å². The second-order valence-electron chi connectivity index (χ2n) is 6.78. The van der Waals surface area contributed by atoms with Crippen LogP contribution >= 0.6 is 0 Å². The molecular formula is C21H25N3O6S. The summed E-state index contributed by atoms with van der Waals surface area (Å²) in [5.41, 5.74) is 3.22. The Morgan fingerprint density at radius 1 is 1.06 bits per heavy atom. The summed E-state index contributed by atoms with van der Waals surface area (Å²) in [6, 6.07) is 12.2. The highest BCUT2D eigenvalue weighted by atomic mass is 32.2. The zero-order valence-corrected chi connectivity index (χ0v) is 18.1. The van der Waals surface area contributed by atoms with E-state index in [0.29, 0.717) is 18.8 Å². The molecule has 9 nitrogen and oxygen atoms in total. The summed E-state index contributed by atoms with van der Waals surface area (Å²) in [6.07, 6.45) is 2.83. The fourth-order valence-corrected chi connectivity index (χ4v) is 5.01. The fraction of sp³-hybridized carbons (Fsp3) is 0.286. The molecule has 0 unspecified atom stereocenters. The van der Waals surface area contributed by atoms with Crippen LogP contribution in [0.15, 0.2) is 53.4 Å². The van der Waals surface area contributed by atoms with Gasteiger partial charge in [0, 0.05) is 44.0 Å². The monoisotopic (exact) mass is 447 g/mol. The highest BCUT2D eigenvalue weighted by molar-refractivity contribution is 7.89. The van der Waals surface area contributed by atoms with Crippen LogP contribution in [0.3, 0.4) is 0 Å². The van der Waals surface area contributed by atoms with E-state index in [9.17, 15) is 13.2 Å². The standard InChI is InChI=1S/C21H25N3O6S/c1-29-17-8-9-19(30-2)20(15-17)31(27,28)24-13-11-23(12-14-24)18-6-4-3-5-16(18)7-10-21(25)22-26/h3-10,15,26H,11-14H2,1-2H3,(H,22,25). The Bertz CT molecular complexity index is 1060. The number of para-hydroxylation sites is 1. The molecule has 1 saturated heterocycles. The zero-order valence-electron chi connectivity index (χ0n) is 17.3. The maximum Gasteiger partial charge on any atom is 0.267 e. The van der Waals surface area contributed by atoms with Crippen molar-refractivity contribution in [3.05, 3.63) is 54.1 Å². The minimum atomic E-state index is -3.77. The van der Waals surface area contributed by atoms with E-state index in [0.717, 1.165) is 11.3 Å². The summed E-state index contributed by atoms with van der Waals surface area (Å²) in [4.78, 5) is 13.4. The Kier molecular flexibility index (Phi) is 7.16. The topological polar surface area (TPSA) is 108 Å². The number of sulfonamides is 1. The number of hydrogen-bond acceptors (Lipinski definition) is 7. The molecule has 2 N–H and O–H groups in total. The molecule has 2 aromatic rings. The van der Waals surface area contributed by atoms with Crippen molar-refractivity contribution in [2.24, 2.45) is 0 Å². The van der Waals surface area contributed by atoms with Crippen molar-refractivity contribution in [2.75, 3.05) is 45.3 Å². The second-order valence-corrected chi connectivity index (χ2v) is 8.68. The lowest BCUT2D eigenvalue weighted by atomic mass is 10.1. The zero-order chi connectivity index (χ0) is 22.4. The van der Waals surface area contributed by atoms with E-state index in [2.05, 4.69) is 4.90 Å². The van der Waals surface area contributed by atoms with E-state index in [1.54, 1.807) is 23.7 Å². The molecule has 0 radical (unpaired) electrons. The van der Waals surface area contributed by atoms with Gasteiger partial charge in [0.2, 0.25) is 10.0 Å². The Morgan fingerprint density at radius 3 is 2.42 bits per heavy atom. The van der Waals surface area contributed by atoms with Gasteiger partial charge in [0.1, 0.15) is 16.4 Å². The van der Waals surface area contributed by atoms with Crippen molar-refractivity contribution >= 4 is 27.7 Å². The molecule has 0 aliphatic carbocycles. The summed E-state index contributed by atoms with van der Waals surface area (Å²) >= 11 is 0. The van der Waals surface area contributed by atoms with Crippen LogP contribution in [0.4, 0.5) is 5.69 Å². The van der Waals surface area contributed by atoms with Crippen LogP contribution in [0.25, 0.3) is 6.08 Å². The third-order valence-electron chi connectivity index (χ3n) is 5.03.